The van der Waals surface area contributed by atoms with E-state index in [9.17, 15) is 9.90 Å². The maximum absolute atomic E-state index is 11.8. The van der Waals surface area contributed by atoms with E-state index in [0.29, 0.717) is 27.3 Å². The fourth-order valence-corrected chi connectivity index (χ4v) is 5.04. The summed E-state index contributed by atoms with van der Waals surface area (Å²) in [5.74, 6) is 3.29. The maximum atomic E-state index is 11.8. The number of thioether (sulfide) groups is 2. The molecule has 1 saturated heterocycles. The Hall–Kier alpha value is 0.120. The van der Waals surface area contributed by atoms with Gasteiger partial charge in [-0.15, -0.1) is 11.3 Å². The van der Waals surface area contributed by atoms with Crippen molar-refractivity contribution in [3.05, 3.63) is 21.3 Å². The number of aliphatic hydroxyl groups is 1. The second kappa shape index (κ2) is 6.52. The van der Waals surface area contributed by atoms with E-state index in [4.69, 9.17) is 11.6 Å². The maximum Gasteiger partial charge on any atom is 0.261 e. The van der Waals surface area contributed by atoms with Gasteiger partial charge in [0.15, 0.2) is 0 Å². The number of nitrogens with one attached hydrogen (secondary N) is 1. The highest BCUT2D eigenvalue weighted by atomic mass is 35.5. The second-order valence-corrected chi connectivity index (χ2v) is 8.04. The number of carbonyl (C=O) groups excluding carboxylic acids is 1. The van der Waals surface area contributed by atoms with E-state index in [0.717, 1.165) is 11.5 Å². The highest BCUT2D eigenvalue weighted by Gasteiger charge is 2.29. The first-order valence-corrected chi connectivity index (χ1v) is 9.01. The summed E-state index contributed by atoms with van der Waals surface area (Å²) in [7, 11) is 0. The fraction of sp³-hybridized carbons (Fsp3) is 0.545. The van der Waals surface area contributed by atoms with Crippen LogP contribution in [0.2, 0.25) is 4.34 Å². The van der Waals surface area contributed by atoms with Gasteiger partial charge in [-0.1, -0.05) is 11.6 Å². The molecule has 0 saturated carbocycles. The van der Waals surface area contributed by atoms with Crippen LogP contribution in [0.25, 0.3) is 0 Å². The van der Waals surface area contributed by atoms with E-state index in [1.165, 1.54) is 11.3 Å². The minimum Gasteiger partial charge on any atom is -0.386 e. The van der Waals surface area contributed by atoms with Crippen molar-refractivity contribution >= 4 is 52.4 Å². The van der Waals surface area contributed by atoms with Crippen LogP contribution < -0.4 is 5.32 Å². The first-order chi connectivity index (χ1) is 8.59. The second-order valence-electron chi connectivity index (χ2n) is 4.12. The lowest BCUT2D eigenvalue weighted by Crippen LogP contribution is -2.46. The molecule has 1 aliphatic rings. The topological polar surface area (TPSA) is 49.3 Å². The molecule has 1 aromatic rings. The van der Waals surface area contributed by atoms with Gasteiger partial charge in [0.2, 0.25) is 0 Å². The average molecular weight is 324 g/mol. The number of halogens is 1. The molecule has 7 heteroatoms. The van der Waals surface area contributed by atoms with Crippen molar-refractivity contribution in [1.82, 2.24) is 5.32 Å². The number of carbonyl (C=O) groups is 1. The van der Waals surface area contributed by atoms with Crippen molar-refractivity contribution in [1.29, 1.82) is 0 Å². The van der Waals surface area contributed by atoms with Gasteiger partial charge in [-0.05, 0) is 12.1 Å². The van der Waals surface area contributed by atoms with Crippen LogP contribution in [0.5, 0.6) is 0 Å². The summed E-state index contributed by atoms with van der Waals surface area (Å²) in [4.78, 5) is 12.4. The van der Waals surface area contributed by atoms with Crippen molar-refractivity contribution in [2.24, 2.45) is 0 Å². The molecule has 0 spiro atoms. The molecule has 2 N–H and O–H groups in total. The van der Waals surface area contributed by atoms with Gasteiger partial charge >= 0.3 is 0 Å². The van der Waals surface area contributed by atoms with Crippen LogP contribution >= 0.6 is 46.5 Å². The molecule has 3 nitrogen and oxygen atoms in total. The zero-order chi connectivity index (χ0) is 13.0. The lowest BCUT2D eigenvalue weighted by Gasteiger charge is -2.25. The molecule has 0 bridgehead atoms. The van der Waals surface area contributed by atoms with Crippen molar-refractivity contribution in [2.45, 2.75) is 5.60 Å². The standard InChI is InChI=1S/C11H14ClNO2S3/c12-9-2-1-8(18-9)10(14)13-5-11(15)6-16-3-4-17-7-11/h1-2,15H,3-7H2,(H,13,14). The van der Waals surface area contributed by atoms with Gasteiger partial charge in [0.25, 0.3) is 5.91 Å². The smallest absolute Gasteiger partial charge is 0.261 e. The Morgan fingerprint density at radius 3 is 2.61 bits per heavy atom. The number of rotatable bonds is 3. The zero-order valence-electron chi connectivity index (χ0n) is 9.65. The van der Waals surface area contributed by atoms with E-state index in [1.807, 2.05) is 0 Å². The molecule has 1 amide bonds. The van der Waals surface area contributed by atoms with Crippen LogP contribution in [0.1, 0.15) is 9.67 Å². The monoisotopic (exact) mass is 323 g/mol. The lowest BCUT2D eigenvalue weighted by molar-refractivity contribution is 0.0756. The van der Waals surface area contributed by atoms with Crippen molar-refractivity contribution < 1.29 is 9.90 Å². The highest BCUT2D eigenvalue weighted by Crippen LogP contribution is 2.25. The summed E-state index contributed by atoms with van der Waals surface area (Å²) in [5, 5.41) is 13.2. The SMILES string of the molecule is O=C(NCC1(O)CSCCSC1)c1ccc(Cl)s1. The van der Waals surface area contributed by atoms with E-state index < -0.39 is 5.60 Å². The number of hydrogen-bond acceptors (Lipinski definition) is 5. The minimum absolute atomic E-state index is 0.167. The third-order valence-corrected chi connectivity index (χ3v) is 6.45. The van der Waals surface area contributed by atoms with Gasteiger partial charge in [-0.2, -0.15) is 23.5 Å². The number of thiophene rings is 1. The Morgan fingerprint density at radius 2 is 2.06 bits per heavy atom. The quantitative estimate of drug-likeness (QED) is 0.896. The van der Waals surface area contributed by atoms with E-state index in [2.05, 4.69) is 5.32 Å². The molecule has 0 aliphatic carbocycles. The van der Waals surface area contributed by atoms with Crippen LogP contribution in [-0.4, -0.2) is 46.2 Å². The van der Waals surface area contributed by atoms with Crippen LogP contribution in [0.4, 0.5) is 0 Å². The summed E-state index contributed by atoms with van der Waals surface area (Å²) in [6, 6.07) is 3.40. The Bertz CT molecular complexity index is 416. The Morgan fingerprint density at radius 1 is 1.39 bits per heavy atom. The molecule has 0 aromatic carbocycles. The highest BCUT2D eigenvalue weighted by molar-refractivity contribution is 8.03. The molecular formula is C11H14ClNO2S3. The molecule has 1 aliphatic heterocycles. The molecule has 0 unspecified atom stereocenters. The summed E-state index contributed by atoms with van der Waals surface area (Å²) < 4.78 is 0.597. The fourth-order valence-electron chi connectivity index (χ4n) is 1.55. The Labute approximate surface area is 124 Å². The van der Waals surface area contributed by atoms with Gasteiger partial charge in [0.05, 0.1) is 14.8 Å². The predicted octanol–water partition coefficient (Wildman–Crippen LogP) is 2.34. The largest absolute Gasteiger partial charge is 0.386 e. The third-order valence-electron chi connectivity index (χ3n) is 2.49. The average Bonchev–Trinajstić information content (AvgIpc) is 2.66. The van der Waals surface area contributed by atoms with Gasteiger partial charge < -0.3 is 10.4 Å². The molecular weight excluding hydrogens is 310 g/mol. The zero-order valence-corrected chi connectivity index (χ0v) is 12.9. The molecule has 100 valence electrons. The van der Waals surface area contributed by atoms with E-state index in [-0.39, 0.29) is 5.91 Å². The van der Waals surface area contributed by atoms with Crippen LogP contribution in [0, 0.1) is 0 Å². The van der Waals surface area contributed by atoms with Gasteiger partial charge in [0, 0.05) is 29.6 Å². The summed E-state index contributed by atoms with van der Waals surface area (Å²) in [6.45, 7) is 0.293. The molecule has 2 rings (SSSR count). The molecule has 2 heterocycles. The minimum atomic E-state index is -0.803. The molecule has 1 fully saturated rings. The number of amides is 1. The number of hydrogen-bond donors (Lipinski definition) is 2. The van der Waals surface area contributed by atoms with E-state index in [1.54, 1.807) is 35.7 Å². The molecule has 1 aromatic heterocycles. The summed E-state index contributed by atoms with van der Waals surface area (Å²) >= 11 is 10.5. The van der Waals surface area contributed by atoms with E-state index >= 15 is 0 Å². The van der Waals surface area contributed by atoms with Crippen LogP contribution in [0.3, 0.4) is 0 Å². The molecule has 18 heavy (non-hydrogen) atoms. The van der Waals surface area contributed by atoms with Crippen molar-refractivity contribution in [3.8, 4) is 0 Å². The Kier molecular flexibility index (Phi) is 5.26. The predicted molar refractivity (Wildman–Crippen MR) is 81.3 cm³/mol. The van der Waals surface area contributed by atoms with Gasteiger partial charge in [0.1, 0.15) is 0 Å². The van der Waals surface area contributed by atoms with Crippen molar-refractivity contribution in [3.63, 3.8) is 0 Å². The van der Waals surface area contributed by atoms with Gasteiger partial charge in [-0.3, -0.25) is 4.79 Å². The first kappa shape index (κ1) is 14.5. The molecule has 0 atom stereocenters. The molecule has 0 radical (unpaired) electrons. The van der Waals surface area contributed by atoms with Crippen LogP contribution in [0.15, 0.2) is 12.1 Å². The third kappa shape index (κ3) is 4.06. The van der Waals surface area contributed by atoms with Crippen molar-refractivity contribution in [2.75, 3.05) is 29.6 Å². The summed E-state index contributed by atoms with van der Waals surface area (Å²) in [5.41, 5.74) is -0.803. The lowest BCUT2D eigenvalue weighted by atomic mass is 10.1. The van der Waals surface area contributed by atoms with Crippen LogP contribution in [-0.2, 0) is 0 Å². The Balaban J connectivity index is 1.88. The summed E-state index contributed by atoms with van der Waals surface area (Å²) in [6.07, 6.45) is 0. The normalized spacial score (nSPS) is 19.2. The first-order valence-electron chi connectivity index (χ1n) is 5.50. The van der Waals surface area contributed by atoms with Gasteiger partial charge in [-0.25, -0.2) is 0 Å².